The average Bonchev–Trinajstić information content (AvgIpc) is 2.36. The van der Waals surface area contributed by atoms with E-state index in [1.165, 1.54) is 12.1 Å². The highest BCUT2D eigenvalue weighted by Gasteiger charge is 2.04. The quantitative estimate of drug-likeness (QED) is 0.793. The lowest BCUT2D eigenvalue weighted by Gasteiger charge is -2.19. The van der Waals surface area contributed by atoms with Gasteiger partial charge in [-0.2, -0.15) is 0 Å². The van der Waals surface area contributed by atoms with Gasteiger partial charge in [0.05, 0.1) is 12.8 Å². The van der Waals surface area contributed by atoms with Crippen LogP contribution < -0.4 is 10.1 Å². The molecule has 0 amide bonds. The lowest BCUT2D eigenvalue weighted by Crippen LogP contribution is -2.28. The Morgan fingerprint density at radius 2 is 2.00 bits per heavy atom. The van der Waals surface area contributed by atoms with E-state index in [0.717, 1.165) is 31.9 Å². The van der Waals surface area contributed by atoms with E-state index in [9.17, 15) is 4.39 Å². The summed E-state index contributed by atoms with van der Waals surface area (Å²) in [4.78, 5) is 2.32. The van der Waals surface area contributed by atoms with Crippen molar-refractivity contribution in [1.82, 2.24) is 4.90 Å². The van der Waals surface area contributed by atoms with Gasteiger partial charge in [0, 0.05) is 19.2 Å². The summed E-state index contributed by atoms with van der Waals surface area (Å²) in [5.74, 6) is 0.265. The first-order valence-electron chi connectivity index (χ1n) is 6.01. The molecule has 0 radical (unpaired) electrons. The minimum atomic E-state index is -0.281. The molecule has 0 saturated heterocycles. The molecule has 1 aromatic carbocycles. The van der Waals surface area contributed by atoms with Crippen LogP contribution in [0.3, 0.4) is 0 Å². The Morgan fingerprint density at radius 1 is 1.29 bits per heavy atom. The van der Waals surface area contributed by atoms with Crippen LogP contribution in [0.4, 0.5) is 10.1 Å². The van der Waals surface area contributed by atoms with Crippen molar-refractivity contribution < 1.29 is 9.13 Å². The third kappa shape index (κ3) is 4.23. The smallest absolute Gasteiger partial charge is 0.144 e. The predicted octanol–water partition coefficient (Wildman–Crippen LogP) is 2.59. The summed E-state index contributed by atoms with van der Waals surface area (Å²) in [6, 6.07) is 4.53. The number of ether oxygens (including phenoxy) is 1. The largest absolute Gasteiger partial charge is 0.494 e. The van der Waals surface area contributed by atoms with Gasteiger partial charge in [-0.15, -0.1) is 0 Å². The van der Waals surface area contributed by atoms with Gasteiger partial charge in [0.25, 0.3) is 0 Å². The number of rotatable bonds is 7. The van der Waals surface area contributed by atoms with Crippen molar-refractivity contribution in [3.63, 3.8) is 0 Å². The van der Waals surface area contributed by atoms with E-state index in [1.54, 1.807) is 13.2 Å². The van der Waals surface area contributed by atoms with Gasteiger partial charge in [-0.25, -0.2) is 4.39 Å². The Hall–Kier alpha value is -1.29. The van der Waals surface area contributed by atoms with Gasteiger partial charge >= 0.3 is 0 Å². The number of halogens is 1. The minimum Gasteiger partial charge on any atom is -0.494 e. The fraction of sp³-hybridized carbons (Fsp3) is 0.538. The summed E-state index contributed by atoms with van der Waals surface area (Å²) < 4.78 is 18.1. The van der Waals surface area contributed by atoms with Crippen molar-refractivity contribution >= 4 is 5.69 Å². The SMILES string of the molecule is CCN(CC)CCNc1ccc(F)cc1OC. The maximum atomic E-state index is 13.0. The minimum absolute atomic E-state index is 0.281. The molecular formula is C13H21FN2O. The maximum absolute atomic E-state index is 13.0. The van der Waals surface area contributed by atoms with Crippen molar-refractivity contribution in [2.45, 2.75) is 13.8 Å². The Kier molecular flexibility index (Phi) is 5.77. The van der Waals surface area contributed by atoms with E-state index in [4.69, 9.17) is 4.74 Å². The van der Waals surface area contributed by atoms with Gasteiger partial charge in [0.15, 0.2) is 0 Å². The highest BCUT2D eigenvalue weighted by Crippen LogP contribution is 2.24. The molecule has 1 rings (SSSR count). The molecule has 0 fully saturated rings. The van der Waals surface area contributed by atoms with Crippen LogP contribution in [0.25, 0.3) is 0 Å². The Morgan fingerprint density at radius 3 is 2.59 bits per heavy atom. The number of hydrogen-bond acceptors (Lipinski definition) is 3. The van der Waals surface area contributed by atoms with Crippen LogP contribution in [-0.2, 0) is 0 Å². The van der Waals surface area contributed by atoms with E-state index < -0.39 is 0 Å². The monoisotopic (exact) mass is 240 g/mol. The molecule has 0 spiro atoms. The van der Waals surface area contributed by atoms with E-state index >= 15 is 0 Å². The molecule has 0 atom stereocenters. The molecule has 0 unspecified atom stereocenters. The first kappa shape index (κ1) is 13.8. The fourth-order valence-corrected chi connectivity index (χ4v) is 1.70. The highest BCUT2D eigenvalue weighted by molar-refractivity contribution is 5.56. The highest BCUT2D eigenvalue weighted by atomic mass is 19.1. The number of nitrogens with zero attached hydrogens (tertiary/aromatic N) is 1. The third-order valence-electron chi connectivity index (χ3n) is 2.80. The van der Waals surface area contributed by atoms with Crippen LogP contribution in [0.15, 0.2) is 18.2 Å². The molecule has 17 heavy (non-hydrogen) atoms. The topological polar surface area (TPSA) is 24.5 Å². The lowest BCUT2D eigenvalue weighted by molar-refractivity contribution is 0.315. The van der Waals surface area contributed by atoms with Crippen molar-refractivity contribution in [2.24, 2.45) is 0 Å². The summed E-state index contributed by atoms with van der Waals surface area (Å²) in [7, 11) is 1.55. The van der Waals surface area contributed by atoms with Crippen LogP contribution in [-0.4, -0.2) is 38.2 Å². The molecule has 1 N–H and O–H groups in total. The molecule has 4 heteroatoms. The number of nitrogens with one attached hydrogen (secondary N) is 1. The van der Waals surface area contributed by atoms with Crippen molar-refractivity contribution in [3.05, 3.63) is 24.0 Å². The van der Waals surface area contributed by atoms with Gasteiger partial charge in [-0.3, -0.25) is 0 Å². The summed E-state index contributed by atoms with van der Waals surface area (Å²) in [6.45, 7) is 8.15. The van der Waals surface area contributed by atoms with Crippen molar-refractivity contribution in [1.29, 1.82) is 0 Å². The zero-order valence-corrected chi connectivity index (χ0v) is 10.8. The van der Waals surface area contributed by atoms with E-state index in [1.807, 2.05) is 0 Å². The summed E-state index contributed by atoms with van der Waals surface area (Å²) in [5.41, 5.74) is 0.834. The average molecular weight is 240 g/mol. The summed E-state index contributed by atoms with van der Waals surface area (Å²) in [6.07, 6.45) is 0. The normalized spacial score (nSPS) is 10.6. The molecule has 1 aromatic rings. The Bertz CT molecular complexity index is 340. The first-order chi connectivity index (χ1) is 8.21. The van der Waals surface area contributed by atoms with Gasteiger partial charge in [-0.1, -0.05) is 13.8 Å². The van der Waals surface area contributed by atoms with Crippen molar-refractivity contribution in [2.75, 3.05) is 38.6 Å². The third-order valence-corrected chi connectivity index (χ3v) is 2.80. The van der Waals surface area contributed by atoms with Gasteiger partial charge in [-0.05, 0) is 25.2 Å². The zero-order valence-electron chi connectivity index (χ0n) is 10.8. The van der Waals surface area contributed by atoms with Crippen LogP contribution in [0.2, 0.25) is 0 Å². The number of methoxy groups -OCH3 is 1. The van der Waals surface area contributed by atoms with Crippen LogP contribution in [0, 0.1) is 5.82 Å². The molecular weight excluding hydrogens is 219 g/mol. The van der Waals surface area contributed by atoms with Crippen LogP contribution in [0.5, 0.6) is 5.75 Å². The zero-order chi connectivity index (χ0) is 12.7. The maximum Gasteiger partial charge on any atom is 0.144 e. The number of hydrogen-bond donors (Lipinski definition) is 1. The number of benzene rings is 1. The number of likely N-dealkylation sites (N-methyl/N-ethyl adjacent to an activating group) is 1. The predicted molar refractivity (Wildman–Crippen MR) is 69.2 cm³/mol. The molecule has 0 heterocycles. The van der Waals surface area contributed by atoms with Crippen LogP contribution >= 0.6 is 0 Å². The summed E-state index contributed by atoms with van der Waals surface area (Å²) in [5, 5.41) is 3.26. The summed E-state index contributed by atoms with van der Waals surface area (Å²) >= 11 is 0. The molecule has 0 saturated carbocycles. The van der Waals surface area contributed by atoms with Gasteiger partial charge < -0.3 is 15.0 Å². The number of anilines is 1. The van der Waals surface area contributed by atoms with Gasteiger partial charge in [0.2, 0.25) is 0 Å². The molecule has 0 aliphatic carbocycles. The van der Waals surface area contributed by atoms with E-state index in [0.29, 0.717) is 5.75 Å². The fourth-order valence-electron chi connectivity index (χ4n) is 1.70. The second-order valence-corrected chi connectivity index (χ2v) is 3.80. The standard InChI is InChI=1S/C13H21FN2O/c1-4-16(5-2)9-8-15-12-7-6-11(14)10-13(12)17-3/h6-7,10,15H,4-5,8-9H2,1-3H3. The van der Waals surface area contributed by atoms with E-state index in [2.05, 4.69) is 24.1 Å². The molecule has 0 bridgehead atoms. The lowest BCUT2D eigenvalue weighted by atomic mass is 10.3. The molecule has 96 valence electrons. The molecule has 0 aliphatic heterocycles. The van der Waals surface area contributed by atoms with Crippen molar-refractivity contribution in [3.8, 4) is 5.75 Å². The second-order valence-electron chi connectivity index (χ2n) is 3.80. The Labute approximate surface area is 103 Å². The Balaban J connectivity index is 2.51. The molecule has 0 aliphatic rings. The first-order valence-corrected chi connectivity index (χ1v) is 6.01. The van der Waals surface area contributed by atoms with Gasteiger partial charge in [0.1, 0.15) is 11.6 Å². The van der Waals surface area contributed by atoms with E-state index in [-0.39, 0.29) is 5.82 Å². The van der Waals surface area contributed by atoms with Crippen LogP contribution in [0.1, 0.15) is 13.8 Å². The molecule has 3 nitrogen and oxygen atoms in total. The second kappa shape index (κ2) is 7.12. The molecule has 0 aromatic heterocycles.